The minimum Gasteiger partial charge on any atom is -0.431 e. The summed E-state index contributed by atoms with van der Waals surface area (Å²) < 4.78 is 6.27. The first-order valence-corrected chi connectivity index (χ1v) is 9.31. The molecule has 2 aromatic carbocycles. The number of rotatable bonds is 3. The number of nitro benzene ring substituents is 2. The van der Waals surface area contributed by atoms with Crippen LogP contribution in [-0.2, 0) is 0 Å². The third-order valence-corrected chi connectivity index (χ3v) is 5.00. The van der Waals surface area contributed by atoms with Crippen molar-refractivity contribution < 1.29 is 14.3 Å². The maximum absolute atomic E-state index is 12.1. The first kappa shape index (κ1) is 20.0. The SMILES string of the molecule is O=c1c2cccc([N+](=O)[O-])c2ccn1C1CC1.O=c1occc2c([N+](=O)[O-])cccc12. The van der Waals surface area contributed by atoms with E-state index in [-0.39, 0.29) is 28.4 Å². The molecule has 0 bridgehead atoms. The van der Waals surface area contributed by atoms with E-state index in [1.807, 2.05) is 0 Å². The minimum absolute atomic E-state index is 0.0115. The van der Waals surface area contributed by atoms with Gasteiger partial charge in [0.1, 0.15) is 0 Å². The van der Waals surface area contributed by atoms with Gasteiger partial charge in [0.2, 0.25) is 0 Å². The van der Waals surface area contributed by atoms with Crippen molar-refractivity contribution in [2.75, 3.05) is 0 Å². The van der Waals surface area contributed by atoms with Crippen LogP contribution in [-0.4, -0.2) is 14.4 Å². The Kier molecular flexibility index (Phi) is 5.04. The van der Waals surface area contributed by atoms with E-state index in [1.54, 1.807) is 29.0 Å². The fourth-order valence-electron chi connectivity index (χ4n) is 3.37. The summed E-state index contributed by atoms with van der Waals surface area (Å²) >= 11 is 0. The van der Waals surface area contributed by atoms with Crippen molar-refractivity contribution in [1.29, 1.82) is 0 Å². The first-order valence-electron chi connectivity index (χ1n) is 9.31. The lowest BCUT2D eigenvalue weighted by Crippen LogP contribution is -2.18. The van der Waals surface area contributed by atoms with Gasteiger partial charge in [0, 0.05) is 24.4 Å². The van der Waals surface area contributed by atoms with Gasteiger partial charge in [-0.05, 0) is 37.1 Å². The summed E-state index contributed by atoms with van der Waals surface area (Å²) in [6.45, 7) is 0. The second-order valence-corrected chi connectivity index (χ2v) is 6.96. The van der Waals surface area contributed by atoms with Crippen LogP contribution in [0.25, 0.3) is 21.5 Å². The maximum atomic E-state index is 12.1. The molecular formula is C21H15N3O7. The van der Waals surface area contributed by atoms with Gasteiger partial charge in [-0.15, -0.1) is 0 Å². The summed E-state index contributed by atoms with van der Waals surface area (Å²) in [4.78, 5) is 43.8. The average Bonchev–Trinajstić information content (AvgIpc) is 3.59. The Labute approximate surface area is 173 Å². The summed E-state index contributed by atoms with van der Waals surface area (Å²) in [7, 11) is 0. The first-order chi connectivity index (χ1) is 14.9. The average molecular weight is 421 g/mol. The predicted octanol–water partition coefficient (Wildman–Crippen LogP) is 3.95. The predicted molar refractivity (Wildman–Crippen MR) is 112 cm³/mol. The molecule has 0 unspecified atom stereocenters. The number of non-ortho nitro benzene ring substituents is 2. The molecule has 1 aliphatic carbocycles. The molecule has 10 heteroatoms. The number of hydrogen-bond donors (Lipinski definition) is 0. The Morgan fingerprint density at radius 2 is 1.39 bits per heavy atom. The number of nitro groups is 2. The Bertz CT molecular complexity index is 1450. The molecule has 2 aromatic heterocycles. The number of hydrogen-bond acceptors (Lipinski definition) is 7. The van der Waals surface area contributed by atoms with Crippen LogP contribution in [0.15, 0.2) is 75.0 Å². The molecule has 0 N–H and O–H groups in total. The number of nitrogens with zero attached hydrogens (tertiary/aromatic N) is 3. The third-order valence-electron chi connectivity index (χ3n) is 5.00. The molecule has 0 radical (unpaired) electrons. The highest BCUT2D eigenvalue weighted by atomic mass is 16.6. The van der Waals surface area contributed by atoms with E-state index in [1.165, 1.54) is 30.3 Å². The van der Waals surface area contributed by atoms with Crippen LogP contribution in [0.3, 0.4) is 0 Å². The monoisotopic (exact) mass is 421 g/mol. The van der Waals surface area contributed by atoms with Gasteiger partial charge in [0.15, 0.2) is 0 Å². The van der Waals surface area contributed by atoms with E-state index in [2.05, 4.69) is 4.42 Å². The smallest absolute Gasteiger partial charge is 0.343 e. The molecule has 1 fully saturated rings. The molecule has 4 aromatic rings. The Balaban J connectivity index is 0.000000152. The summed E-state index contributed by atoms with van der Waals surface area (Å²) in [6, 6.07) is 12.3. The molecule has 156 valence electrons. The zero-order valence-electron chi connectivity index (χ0n) is 16.0. The summed E-state index contributed by atoms with van der Waals surface area (Å²) in [5, 5.41) is 22.8. The molecule has 0 spiro atoms. The molecule has 0 amide bonds. The van der Waals surface area contributed by atoms with Crippen molar-refractivity contribution in [3.8, 4) is 0 Å². The largest absolute Gasteiger partial charge is 0.431 e. The molecule has 31 heavy (non-hydrogen) atoms. The van der Waals surface area contributed by atoms with Gasteiger partial charge in [-0.2, -0.15) is 0 Å². The highest BCUT2D eigenvalue weighted by molar-refractivity contribution is 5.90. The topological polar surface area (TPSA) is 138 Å². The second-order valence-electron chi connectivity index (χ2n) is 6.96. The van der Waals surface area contributed by atoms with Crippen LogP contribution in [0, 0.1) is 20.2 Å². The third kappa shape index (κ3) is 3.78. The van der Waals surface area contributed by atoms with E-state index >= 15 is 0 Å². The van der Waals surface area contributed by atoms with Gasteiger partial charge in [-0.1, -0.05) is 12.1 Å². The van der Waals surface area contributed by atoms with Crippen LogP contribution in [0.1, 0.15) is 18.9 Å². The van der Waals surface area contributed by atoms with Crippen LogP contribution >= 0.6 is 0 Å². The molecule has 1 saturated carbocycles. The highest BCUT2D eigenvalue weighted by Crippen LogP contribution is 2.34. The summed E-state index contributed by atoms with van der Waals surface area (Å²) in [5.41, 5.74) is -0.794. The van der Waals surface area contributed by atoms with Gasteiger partial charge in [-0.3, -0.25) is 25.0 Å². The van der Waals surface area contributed by atoms with E-state index in [0.29, 0.717) is 16.2 Å². The normalized spacial score (nSPS) is 12.9. The zero-order chi connectivity index (χ0) is 22.1. The molecule has 0 atom stereocenters. The Morgan fingerprint density at radius 1 is 0.806 bits per heavy atom. The molecule has 5 rings (SSSR count). The quantitative estimate of drug-likeness (QED) is 0.360. The van der Waals surface area contributed by atoms with Crippen molar-refractivity contribution in [3.63, 3.8) is 0 Å². The van der Waals surface area contributed by atoms with Gasteiger partial charge in [0.25, 0.3) is 16.9 Å². The zero-order valence-corrected chi connectivity index (χ0v) is 16.0. The molecule has 10 nitrogen and oxygen atoms in total. The lowest BCUT2D eigenvalue weighted by molar-refractivity contribution is -0.383. The van der Waals surface area contributed by atoms with Crippen molar-refractivity contribution in [2.45, 2.75) is 18.9 Å². The van der Waals surface area contributed by atoms with Crippen molar-refractivity contribution in [2.24, 2.45) is 0 Å². The fraction of sp³-hybridized carbons (Fsp3) is 0.143. The van der Waals surface area contributed by atoms with Crippen LogP contribution in [0.4, 0.5) is 11.4 Å². The number of aromatic nitrogens is 1. The van der Waals surface area contributed by atoms with E-state index in [0.717, 1.165) is 19.1 Å². The van der Waals surface area contributed by atoms with Crippen LogP contribution < -0.4 is 11.2 Å². The van der Waals surface area contributed by atoms with Gasteiger partial charge in [-0.25, -0.2) is 4.79 Å². The summed E-state index contributed by atoms with van der Waals surface area (Å²) in [6.07, 6.45) is 4.84. The molecule has 1 aliphatic rings. The molecule has 0 aliphatic heterocycles. The maximum Gasteiger partial charge on any atom is 0.343 e. The number of pyridine rings is 1. The van der Waals surface area contributed by atoms with Gasteiger partial charge in [0.05, 0.1) is 37.7 Å². The fourth-order valence-corrected chi connectivity index (χ4v) is 3.37. The van der Waals surface area contributed by atoms with Crippen LogP contribution in [0.5, 0.6) is 0 Å². The van der Waals surface area contributed by atoms with E-state index < -0.39 is 15.5 Å². The lowest BCUT2D eigenvalue weighted by Gasteiger charge is -2.05. The van der Waals surface area contributed by atoms with Gasteiger partial charge < -0.3 is 8.98 Å². The van der Waals surface area contributed by atoms with E-state index in [4.69, 9.17) is 0 Å². The lowest BCUT2D eigenvalue weighted by atomic mass is 10.1. The molecule has 0 saturated heterocycles. The Hall–Kier alpha value is -4.34. The standard InChI is InChI=1S/C12H10N2O3.C9H5NO4/c15-12-10-2-1-3-11(14(16)17)9(10)6-7-13(12)8-4-5-8;11-9-7-2-1-3-8(10(12)13)6(7)4-5-14-9/h1-3,6-8H,4-5H2;1-5H. The van der Waals surface area contributed by atoms with Crippen LogP contribution in [0.2, 0.25) is 0 Å². The second kappa shape index (κ2) is 7.82. The van der Waals surface area contributed by atoms with Crippen molar-refractivity contribution in [3.05, 3.63) is 102 Å². The minimum atomic E-state index is -0.564. The molecular weight excluding hydrogens is 406 g/mol. The Morgan fingerprint density at radius 3 is 1.97 bits per heavy atom. The molecule has 2 heterocycles. The number of fused-ring (bicyclic) bond motifs is 2. The van der Waals surface area contributed by atoms with E-state index in [9.17, 15) is 29.8 Å². The van der Waals surface area contributed by atoms with Gasteiger partial charge >= 0.3 is 5.63 Å². The number of benzene rings is 2. The van der Waals surface area contributed by atoms with Crippen molar-refractivity contribution >= 4 is 32.9 Å². The highest BCUT2D eigenvalue weighted by Gasteiger charge is 2.25. The summed E-state index contributed by atoms with van der Waals surface area (Å²) in [5.74, 6) is 0. The van der Waals surface area contributed by atoms with Crippen molar-refractivity contribution in [1.82, 2.24) is 4.57 Å².